The predicted molar refractivity (Wildman–Crippen MR) is 70.6 cm³/mol. The van der Waals surface area contributed by atoms with Crippen LogP contribution in [0.25, 0.3) is 0 Å². The van der Waals surface area contributed by atoms with Gasteiger partial charge in [-0.15, -0.1) is 0 Å². The van der Waals surface area contributed by atoms with Crippen LogP contribution in [0, 0.1) is 11.3 Å². The molecule has 0 unspecified atom stereocenters. The Hall–Kier alpha value is -1.37. The molecule has 3 heteroatoms. The summed E-state index contributed by atoms with van der Waals surface area (Å²) in [6.07, 6.45) is 0. The van der Waals surface area contributed by atoms with Crippen LogP contribution in [0.3, 0.4) is 0 Å². The topological polar surface area (TPSA) is 39.1 Å². The molecule has 1 aromatic carbocycles. The molecule has 0 saturated heterocycles. The van der Waals surface area contributed by atoms with E-state index < -0.39 is 0 Å². The minimum Gasteiger partial charge on any atom is -0.311 e. The van der Waals surface area contributed by atoms with Crippen molar-refractivity contribution in [2.24, 2.45) is 0 Å². The summed E-state index contributed by atoms with van der Waals surface area (Å²) in [5.74, 6) is 0. The van der Waals surface area contributed by atoms with E-state index in [0.29, 0.717) is 5.56 Å². The van der Waals surface area contributed by atoms with Gasteiger partial charge < -0.3 is 10.2 Å². The molecular weight excluding hydrogens is 210 g/mol. The minimum absolute atomic E-state index is 0.145. The lowest BCUT2D eigenvalue weighted by Crippen LogP contribution is -2.46. The highest BCUT2D eigenvalue weighted by Gasteiger charge is 2.19. The summed E-state index contributed by atoms with van der Waals surface area (Å²) >= 11 is 0. The normalized spacial score (nSPS) is 11.5. The van der Waals surface area contributed by atoms with Gasteiger partial charge in [-0.05, 0) is 45.6 Å². The van der Waals surface area contributed by atoms with Crippen molar-refractivity contribution in [1.29, 1.82) is 5.26 Å². The van der Waals surface area contributed by atoms with E-state index in [2.05, 4.69) is 44.2 Å². The van der Waals surface area contributed by atoms with E-state index in [4.69, 9.17) is 5.26 Å². The fraction of sp³-hybridized carbons (Fsp3) is 0.500. The molecule has 17 heavy (non-hydrogen) atoms. The summed E-state index contributed by atoms with van der Waals surface area (Å²) in [7, 11) is 4.17. The molecule has 0 radical (unpaired) electrons. The zero-order valence-electron chi connectivity index (χ0n) is 11.1. The fourth-order valence-electron chi connectivity index (χ4n) is 1.37. The Balaban J connectivity index is 2.44. The number of nitrogens with one attached hydrogen (secondary N) is 1. The summed E-state index contributed by atoms with van der Waals surface area (Å²) < 4.78 is 0. The summed E-state index contributed by atoms with van der Waals surface area (Å²) in [5, 5.41) is 12.1. The van der Waals surface area contributed by atoms with Gasteiger partial charge in [-0.2, -0.15) is 5.26 Å². The molecule has 0 fully saturated rings. The van der Waals surface area contributed by atoms with Gasteiger partial charge in [0.25, 0.3) is 0 Å². The number of benzene rings is 1. The van der Waals surface area contributed by atoms with Crippen molar-refractivity contribution in [2.45, 2.75) is 25.9 Å². The maximum absolute atomic E-state index is 8.70. The van der Waals surface area contributed by atoms with E-state index in [1.54, 1.807) is 0 Å². The predicted octanol–water partition coefficient (Wildman–Crippen LogP) is 1.99. The first-order valence-electron chi connectivity index (χ1n) is 5.83. The van der Waals surface area contributed by atoms with Crippen molar-refractivity contribution in [2.75, 3.05) is 20.6 Å². The molecule has 0 aliphatic rings. The first-order valence-corrected chi connectivity index (χ1v) is 5.83. The van der Waals surface area contributed by atoms with Gasteiger partial charge in [0, 0.05) is 18.6 Å². The lowest BCUT2D eigenvalue weighted by Gasteiger charge is -2.32. The molecule has 0 aromatic heterocycles. The molecule has 1 N–H and O–H groups in total. The molecule has 1 rings (SSSR count). The highest BCUT2D eigenvalue weighted by Crippen LogP contribution is 2.09. The van der Waals surface area contributed by atoms with Crippen LogP contribution in [0.4, 0.5) is 0 Å². The number of nitrogens with zero attached hydrogens (tertiary/aromatic N) is 2. The lowest BCUT2D eigenvalue weighted by atomic mass is 10.0. The third-order valence-electron chi connectivity index (χ3n) is 3.18. The van der Waals surface area contributed by atoms with Crippen LogP contribution in [0.1, 0.15) is 25.0 Å². The third kappa shape index (κ3) is 4.18. The average molecular weight is 231 g/mol. The van der Waals surface area contributed by atoms with E-state index in [0.717, 1.165) is 13.1 Å². The largest absolute Gasteiger partial charge is 0.311 e. The zero-order valence-corrected chi connectivity index (χ0v) is 11.1. The van der Waals surface area contributed by atoms with E-state index in [1.807, 2.05) is 24.3 Å². The number of nitriles is 1. The molecule has 0 saturated carbocycles. The van der Waals surface area contributed by atoms with Crippen molar-refractivity contribution in [3.05, 3.63) is 35.4 Å². The van der Waals surface area contributed by atoms with Gasteiger partial charge in [-0.1, -0.05) is 12.1 Å². The standard InChI is InChI=1S/C14H21N3/c1-14(2,17(3)4)11-16-10-13-7-5-12(9-15)6-8-13/h5-8,16H,10-11H2,1-4H3. The molecule has 3 nitrogen and oxygen atoms in total. The quantitative estimate of drug-likeness (QED) is 0.842. The second-order valence-electron chi connectivity index (χ2n) is 5.12. The van der Waals surface area contributed by atoms with Gasteiger partial charge in [0.15, 0.2) is 0 Å². The van der Waals surface area contributed by atoms with Crippen LogP contribution >= 0.6 is 0 Å². The highest BCUT2D eigenvalue weighted by atomic mass is 15.2. The van der Waals surface area contributed by atoms with Gasteiger partial charge in [-0.3, -0.25) is 0 Å². The summed E-state index contributed by atoms with van der Waals surface area (Å²) in [5.41, 5.74) is 2.06. The van der Waals surface area contributed by atoms with Gasteiger partial charge >= 0.3 is 0 Å². The van der Waals surface area contributed by atoms with Crippen molar-refractivity contribution in [1.82, 2.24) is 10.2 Å². The van der Waals surface area contributed by atoms with E-state index in [9.17, 15) is 0 Å². The van der Waals surface area contributed by atoms with Crippen LogP contribution in [-0.4, -0.2) is 31.1 Å². The molecule has 0 heterocycles. The van der Waals surface area contributed by atoms with Crippen molar-refractivity contribution in [3.8, 4) is 6.07 Å². The van der Waals surface area contributed by atoms with Crippen LogP contribution in [0.5, 0.6) is 0 Å². The Morgan fingerprint density at radius 3 is 2.29 bits per heavy atom. The lowest BCUT2D eigenvalue weighted by molar-refractivity contribution is 0.190. The average Bonchev–Trinajstić information content (AvgIpc) is 2.29. The van der Waals surface area contributed by atoms with E-state index in [1.165, 1.54) is 5.56 Å². The second kappa shape index (κ2) is 5.81. The van der Waals surface area contributed by atoms with Crippen molar-refractivity contribution in [3.63, 3.8) is 0 Å². The minimum atomic E-state index is 0.145. The number of hydrogen-bond acceptors (Lipinski definition) is 3. The Morgan fingerprint density at radius 2 is 1.82 bits per heavy atom. The molecule has 0 aliphatic heterocycles. The van der Waals surface area contributed by atoms with Gasteiger partial charge in [0.05, 0.1) is 11.6 Å². The maximum Gasteiger partial charge on any atom is 0.0991 e. The smallest absolute Gasteiger partial charge is 0.0991 e. The van der Waals surface area contributed by atoms with E-state index >= 15 is 0 Å². The molecule has 0 atom stereocenters. The molecule has 92 valence electrons. The summed E-state index contributed by atoms with van der Waals surface area (Å²) in [6.45, 7) is 6.18. The van der Waals surface area contributed by atoms with Crippen LogP contribution in [0.15, 0.2) is 24.3 Å². The third-order valence-corrected chi connectivity index (χ3v) is 3.18. The monoisotopic (exact) mass is 231 g/mol. The highest BCUT2D eigenvalue weighted by molar-refractivity contribution is 5.31. The van der Waals surface area contributed by atoms with Crippen LogP contribution in [0.2, 0.25) is 0 Å². The Kier molecular flexibility index (Phi) is 4.68. The van der Waals surface area contributed by atoms with Gasteiger partial charge in [0.1, 0.15) is 0 Å². The molecule has 0 aliphatic carbocycles. The second-order valence-corrected chi connectivity index (χ2v) is 5.12. The summed E-state index contributed by atoms with van der Waals surface area (Å²) in [4.78, 5) is 2.21. The Bertz CT molecular complexity index is 385. The first kappa shape index (κ1) is 13.7. The number of hydrogen-bond donors (Lipinski definition) is 1. The zero-order chi connectivity index (χ0) is 12.9. The van der Waals surface area contributed by atoms with Crippen molar-refractivity contribution < 1.29 is 0 Å². The number of rotatable bonds is 5. The van der Waals surface area contributed by atoms with E-state index in [-0.39, 0.29) is 5.54 Å². The van der Waals surface area contributed by atoms with Crippen LogP contribution < -0.4 is 5.32 Å². The van der Waals surface area contributed by atoms with Gasteiger partial charge in [0.2, 0.25) is 0 Å². The molecular formula is C14H21N3. The molecule has 0 spiro atoms. The summed E-state index contributed by atoms with van der Waals surface area (Å²) in [6, 6.07) is 9.82. The van der Waals surface area contributed by atoms with Crippen LogP contribution in [-0.2, 0) is 6.54 Å². The molecule has 0 bridgehead atoms. The molecule has 0 amide bonds. The Morgan fingerprint density at radius 1 is 1.24 bits per heavy atom. The maximum atomic E-state index is 8.70. The molecule has 1 aromatic rings. The fourth-order valence-corrected chi connectivity index (χ4v) is 1.37. The van der Waals surface area contributed by atoms with Gasteiger partial charge in [-0.25, -0.2) is 0 Å². The Labute approximate surface area is 104 Å². The first-order chi connectivity index (χ1) is 7.95. The SMILES string of the molecule is CN(C)C(C)(C)CNCc1ccc(C#N)cc1. The van der Waals surface area contributed by atoms with Crippen molar-refractivity contribution >= 4 is 0 Å². The number of likely N-dealkylation sites (N-methyl/N-ethyl adjacent to an activating group) is 1.